The van der Waals surface area contributed by atoms with Crippen molar-refractivity contribution in [3.63, 3.8) is 0 Å². The second kappa shape index (κ2) is 4.74. The molecule has 0 saturated heterocycles. The lowest BCUT2D eigenvalue weighted by Crippen LogP contribution is -2.26. The van der Waals surface area contributed by atoms with Crippen molar-refractivity contribution in [3.05, 3.63) is 15.0 Å². The summed E-state index contributed by atoms with van der Waals surface area (Å²) >= 11 is 6.61. The minimum absolute atomic E-state index is 0.0427. The van der Waals surface area contributed by atoms with Crippen LogP contribution in [-0.4, -0.2) is 15.7 Å². The van der Waals surface area contributed by atoms with E-state index >= 15 is 0 Å². The van der Waals surface area contributed by atoms with Crippen molar-refractivity contribution in [1.29, 1.82) is 0 Å². The SMILES string of the molecule is CCC(C)(C)Oc1nc2c(O)c(Br)cc(Br)c2o1. The van der Waals surface area contributed by atoms with E-state index in [9.17, 15) is 5.11 Å². The maximum atomic E-state index is 9.91. The average Bonchev–Trinajstić information content (AvgIpc) is 2.70. The largest absolute Gasteiger partial charge is 0.504 e. The fraction of sp³-hybridized carbons (Fsp3) is 0.417. The number of nitrogens with zero attached hydrogens (tertiary/aromatic N) is 1. The van der Waals surface area contributed by atoms with E-state index in [4.69, 9.17) is 9.15 Å². The molecule has 0 atom stereocenters. The number of hydrogen-bond donors (Lipinski definition) is 1. The highest BCUT2D eigenvalue weighted by molar-refractivity contribution is 9.11. The zero-order valence-electron chi connectivity index (χ0n) is 10.3. The van der Waals surface area contributed by atoms with Crippen molar-refractivity contribution < 1.29 is 14.3 Å². The number of phenolic OH excluding ortho intramolecular Hbond substituents is 1. The predicted octanol–water partition coefficient (Wildman–Crippen LogP) is 4.63. The van der Waals surface area contributed by atoms with Gasteiger partial charge in [0.15, 0.2) is 16.8 Å². The molecule has 98 valence electrons. The topological polar surface area (TPSA) is 55.5 Å². The molecule has 1 N–H and O–H groups in total. The number of oxazole rings is 1. The van der Waals surface area contributed by atoms with E-state index < -0.39 is 0 Å². The predicted molar refractivity (Wildman–Crippen MR) is 76.1 cm³/mol. The zero-order valence-corrected chi connectivity index (χ0v) is 13.4. The van der Waals surface area contributed by atoms with Gasteiger partial charge in [0.1, 0.15) is 5.60 Å². The third kappa shape index (κ3) is 2.49. The van der Waals surface area contributed by atoms with Crippen molar-refractivity contribution in [3.8, 4) is 11.8 Å². The Bertz CT molecular complexity index is 593. The van der Waals surface area contributed by atoms with E-state index in [1.54, 1.807) is 6.07 Å². The van der Waals surface area contributed by atoms with E-state index in [0.29, 0.717) is 20.0 Å². The first-order valence-corrected chi connectivity index (χ1v) is 7.09. The van der Waals surface area contributed by atoms with Gasteiger partial charge in [0, 0.05) is 0 Å². The first-order valence-electron chi connectivity index (χ1n) is 5.50. The highest BCUT2D eigenvalue weighted by Crippen LogP contribution is 2.39. The number of phenols is 1. The molecule has 0 amide bonds. The highest BCUT2D eigenvalue weighted by Gasteiger charge is 2.22. The van der Waals surface area contributed by atoms with Gasteiger partial charge >= 0.3 is 6.08 Å². The number of aromatic hydroxyl groups is 1. The summed E-state index contributed by atoms with van der Waals surface area (Å²) in [5.74, 6) is 0.0427. The summed E-state index contributed by atoms with van der Waals surface area (Å²) in [6.07, 6.45) is 0.980. The number of aromatic nitrogens is 1. The van der Waals surface area contributed by atoms with Crippen molar-refractivity contribution in [2.75, 3.05) is 0 Å². The van der Waals surface area contributed by atoms with E-state index in [-0.39, 0.29) is 17.4 Å². The van der Waals surface area contributed by atoms with Crippen LogP contribution in [0.3, 0.4) is 0 Å². The Labute approximate surface area is 122 Å². The Kier molecular flexibility index (Phi) is 3.60. The smallest absolute Gasteiger partial charge is 0.395 e. The molecule has 0 aliphatic rings. The van der Waals surface area contributed by atoms with Gasteiger partial charge in [-0.1, -0.05) is 6.92 Å². The van der Waals surface area contributed by atoms with Gasteiger partial charge in [-0.2, -0.15) is 4.98 Å². The summed E-state index contributed by atoms with van der Waals surface area (Å²) in [5, 5.41) is 9.91. The van der Waals surface area contributed by atoms with Crippen LogP contribution in [0.1, 0.15) is 27.2 Å². The summed E-state index contributed by atoms with van der Waals surface area (Å²) in [7, 11) is 0. The minimum Gasteiger partial charge on any atom is -0.504 e. The normalized spacial score (nSPS) is 12.1. The monoisotopic (exact) mass is 377 g/mol. The van der Waals surface area contributed by atoms with Gasteiger partial charge in [0.25, 0.3) is 0 Å². The lowest BCUT2D eigenvalue weighted by molar-refractivity contribution is 0.0689. The van der Waals surface area contributed by atoms with Crippen molar-refractivity contribution >= 4 is 43.0 Å². The molecule has 0 spiro atoms. The Morgan fingerprint density at radius 2 is 2.06 bits per heavy atom. The molecule has 6 heteroatoms. The summed E-state index contributed by atoms with van der Waals surface area (Å²) in [6, 6.07) is 1.71. The van der Waals surface area contributed by atoms with Crippen LogP contribution in [0.25, 0.3) is 11.1 Å². The number of benzene rings is 1. The van der Waals surface area contributed by atoms with E-state index in [0.717, 1.165) is 6.42 Å². The second-order valence-electron chi connectivity index (χ2n) is 4.56. The lowest BCUT2D eigenvalue weighted by atomic mass is 10.1. The van der Waals surface area contributed by atoms with Crippen molar-refractivity contribution in [2.24, 2.45) is 0 Å². The molecule has 0 unspecified atom stereocenters. The Morgan fingerprint density at radius 3 is 2.67 bits per heavy atom. The molecule has 0 aliphatic heterocycles. The van der Waals surface area contributed by atoms with Crippen molar-refractivity contribution in [1.82, 2.24) is 4.98 Å². The van der Waals surface area contributed by atoms with E-state index in [1.807, 2.05) is 20.8 Å². The molecule has 4 nitrogen and oxygen atoms in total. The van der Waals surface area contributed by atoms with Crippen LogP contribution >= 0.6 is 31.9 Å². The van der Waals surface area contributed by atoms with E-state index in [2.05, 4.69) is 36.8 Å². The quantitative estimate of drug-likeness (QED) is 0.846. The van der Waals surface area contributed by atoms with Gasteiger partial charge in [0.05, 0.1) is 8.95 Å². The minimum atomic E-state index is -0.361. The number of rotatable bonds is 3. The van der Waals surface area contributed by atoms with Gasteiger partial charge in [-0.15, -0.1) is 0 Å². The number of halogens is 2. The Balaban J connectivity index is 2.51. The van der Waals surface area contributed by atoms with Gasteiger partial charge in [-0.05, 0) is 58.2 Å². The van der Waals surface area contributed by atoms with Gasteiger partial charge in [0.2, 0.25) is 0 Å². The summed E-state index contributed by atoms with van der Waals surface area (Å²) in [5.41, 5.74) is 0.482. The molecule has 1 heterocycles. The number of ether oxygens (including phenoxy) is 1. The fourth-order valence-electron chi connectivity index (χ4n) is 1.33. The molecular formula is C12H13Br2NO3. The van der Waals surface area contributed by atoms with E-state index in [1.165, 1.54) is 0 Å². The molecule has 2 rings (SSSR count). The molecule has 1 aromatic heterocycles. The third-order valence-corrected chi connectivity index (χ3v) is 3.94. The number of fused-ring (bicyclic) bond motifs is 1. The molecule has 0 bridgehead atoms. The maximum absolute atomic E-state index is 9.91. The third-order valence-electron chi connectivity index (χ3n) is 2.74. The Morgan fingerprint density at radius 1 is 1.39 bits per heavy atom. The van der Waals surface area contributed by atoms with Crippen LogP contribution in [0.4, 0.5) is 0 Å². The maximum Gasteiger partial charge on any atom is 0.395 e. The molecular weight excluding hydrogens is 366 g/mol. The van der Waals surface area contributed by atoms with Gasteiger partial charge in [-0.25, -0.2) is 0 Å². The van der Waals surface area contributed by atoms with Crippen LogP contribution in [0.15, 0.2) is 19.4 Å². The Hall–Kier alpha value is -0.750. The standard InChI is InChI=1S/C12H13Br2NO3/c1-4-12(2,3)18-11-15-8-9(16)6(13)5-7(14)10(8)17-11/h5,16H,4H2,1-3H3. The molecule has 18 heavy (non-hydrogen) atoms. The van der Waals surface area contributed by atoms with Crippen LogP contribution < -0.4 is 4.74 Å². The molecule has 0 fully saturated rings. The van der Waals surface area contributed by atoms with Crippen molar-refractivity contribution in [2.45, 2.75) is 32.8 Å². The van der Waals surface area contributed by atoms with Crippen LogP contribution in [0, 0.1) is 0 Å². The first kappa shape index (κ1) is 13.7. The van der Waals surface area contributed by atoms with Crippen LogP contribution in [0.5, 0.6) is 11.8 Å². The highest BCUT2D eigenvalue weighted by atomic mass is 79.9. The summed E-state index contributed by atoms with van der Waals surface area (Å²) in [4.78, 5) is 4.17. The molecule has 0 aliphatic carbocycles. The molecule has 1 aromatic carbocycles. The first-order chi connectivity index (χ1) is 8.34. The summed E-state index contributed by atoms with van der Waals surface area (Å²) < 4.78 is 12.4. The average molecular weight is 379 g/mol. The fourth-order valence-corrected chi connectivity index (χ4v) is 2.55. The number of hydrogen-bond acceptors (Lipinski definition) is 4. The van der Waals surface area contributed by atoms with Gasteiger partial charge in [-0.3, -0.25) is 0 Å². The lowest BCUT2D eigenvalue weighted by Gasteiger charge is -2.21. The molecule has 0 saturated carbocycles. The van der Waals surface area contributed by atoms with Crippen LogP contribution in [0.2, 0.25) is 0 Å². The summed E-state index contributed by atoms with van der Waals surface area (Å²) in [6.45, 7) is 5.92. The van der Waals surface area contributed by atoms with Gasteiger partial charge < -0.3 is 14.3 Å². The molecule has 0 radical (unpaired) electrons. The second-order valence-corrected chi connectivity index (χ2v) is 6.27. The zero-order chi connectivity index (χ0) is 13.5. The molecule has 2 aromatic rings. The van der Waals surface area contributed by atoms with Crippen LogP contribution in [-0.2, 0) is 0 Å².